The van der Waals surface area contributed by atoms with Crippen LogP contribution in [0.5, 0.6) is 5.75 Å². The molecule has 0 saturated carbocycles. The molecule has 0 fully saturated rings. The zero-order chi connectivity index (χ0) is 14.4. The molecule has 106 valence electrons. The number of rotatable bonds is 6. The van der Waals surface area contributed by atoms with Gasteiger partial charge in [-0.05, 0) is 13.0 Å². The molecule has 1 amide bonds. The molecule has 0 bridgehead atoms. The van der Waals surface area contributed by atoms with Gasteiger partial charge in [-0.2, -0.15) is 8.78 Å². The Hall–Kier alpha value is -1.69. The summed E-state index contributed by atoms with van der Waals surface area (Å²) in [6.45, 7) is -0.857. The van der Waals surface area contributed by atoms with Crippen LogP contribution < -0.4 is 10.1 Å². The summed E-state index contributed by atoms with van der Waals surface area (Å²) in [6, 6.07) is 6.11. The maximum absolute atomic E-state index is 12.2. The number of ether oxygens (including phenoxy) is 1. The minimum atomic E-state index is -2.86. The second-order valence-corrected chi connectivity index (χ2v) is 4.32. The molecule has 19 heavy (non-hydrogen) atoms. The average molecular weight is 272 g/mol. The molecule has 1 unspecified atom stereocenters. The van der Waals surface area contributed by atoms with Crippen molar-refractivity contribution in [1.82, 2.24) is 10.2 Å². The van der Waals surface area contributed by atoms with Gasteiger partial charge < -0.3 is 15.0 Å². The molecule has 0 aliphatic heterocycles. The first-order valence-electron chi connectivity index (χ1n) is 5.89. The minimum absolute atomic E-state index is 0.0766. The fourth-order valence-electron chi connectivity index (χ4n) is 1.60. The van der Waals surface area contributed by atoms with Crippen LogP contribution in [0.4, 0.5) is 8.78 Å². The van der Waals surface area contributed by atoms with Crippen molar-refractivity contribution >= 4 is 5.91 Å². The molecule has 0 spiro atoms. The summed E-state index contributed by atoms with van der Waals surface area (Å²) < 4.78 is 28.9. The Bertz CT molecular complexity index is 425. The molecule has 0 heterocycles. The van der Waals surface area contributed by atoms with Crippen molar-refractivity contribution in [3.05, 3.63) is 29.8 Å². The molecule has 0 aliphatic rings. The zero-order valence-electron chi connectivity index (χ0n) is 11.2. The smallest absolute Gasteiger partial charge is 0.387 e. The molecule has 1 aromatic rings. The van der Waals surface area contributed by atoms with E-state index >= 15 is 0 Å². The Morgan fingerprint density at radius 3 is 2.58 bits per heavy atom. The number of hydrogen-bond donors (Lipinski definition) is 1. The van der Waals surface area contributed by atoms with Crippen molar-refractivity contribution in [1.29, 1.82) is 0 Å². The monoisotopic (exact) mass is 272 g/mol. The normalized spacial score (nSPS) is 12.3. The summed E-state index contributed by atoms with van der Waals surface area (Å²) >= 11 is 0. The Labute approximate surface area is 111 Å². The minimum Gasteiger partial charge on any atom is -0.434 e. The fourth-order valence-corrected chi connectivity index (χ4v) is 1.60. The lowest BCUT2D eigenvalue weighted by molar-refractivity contribution is -0.130. The standard InChI is InChI=1S/C13H18F2N2O2/c1-9(12(18)17(2)3)16-8-10-6-4-5-7-11(10)19-13(14)15/h4-7,9,13,16H,8H2,1-3H3. The van der Waals surface area contributed by atoms with Gasteiger partial charge in [0.15, 0.2) is 0 Å². The highest BCUT2D eigenvalue weighted by Crippen LogP contribution is 2.20. The van der Waals surface area contributed by atoms with Gasteiger partial charge in [0, 0.05) is 26.2 Å². The highest BCUT2D eigenvalue weighted by Gasteiger charge is 2.15. The van der Waals surface area contributed by atoms with Crippen LogP contribution in [-0.4, -0.2) is 37.6 Å². The number of nitrogens with zero attached hydrogens (tertiary/aromatic N) is 1. The number of nitrogens with one attached hydrogen (secondary N) is 1. The molecule has 0 radical (unpaired) electrons. The number of likely N-dealkylation sites (N-methyl/N-ethyl adjacent to an activating group) is 1. The summed E-state index contributed by atoms with van der Waals surface area (Å²) in [5.41, 5.74) is 0.584. The lowest BCUT2D eigenvalue weighted by atomic mass is 10.2. The SMILES string of the molecule is CC(NCc1ccccc1OC(F)F)C(=O)N(C)C. The number of benzene rings is 1. The Kier molecular flexibility index (Phi) is 5.69. The summed E-state index contributed by atoms with van der Waals surface area (Å²) in [4.78, 5) is 13.1. The molecular formula is C13H18F2N2O2. The largest absolute Gasteiger partial charge is 0.434 e. The van der Waals surface area contributed by atoms with E-state index in [1.54, 1.807) is 39.2 Å². The number of hydrogen-bond acceptors (Lipinski definition) is 3. The van der Waals surface area contributed by atoms with Gasteiger partial charge in [0.05, 0.1) is 6.04 Å². The number of halogens is 2. The fraction of sp³-hybridized carbons (Fsp3) is 0.462. The first-order valence-corrected chi connectivity index (χ1v) is 5.89. The third-order valence-corrected chi connectivity index (χ3v) is 2.60. The molecule has 6 heteroatoms. The van der Waals surface area contributed by atoms with E-state index in [9.17, 15) is 13.6 Å². The van der Waals surface area contributed by atoms with Crippen LogP contribution in [0.2, 0.25) is 0 Å². The average Bonchev–Trinajstić information content (AvgIpc) is 2.35. The Morgan fingerprint density at radius 1 is 1.37 bits per heavy atom. The number of amides is 1. The van der Waals surface area contributed by atoms with Crippen molar-refractivity contribution in [2.24, 2.45) is 0 Å². The lowest BCUT2D eigenvalue weighted by Crippen LogP contribution is -2.41. The van der Waals surface area contributed by atoms with E-state index in [1.165, 1.54) is 11.0 Å². The summed E-state index contributed by atoms with van der Waals surface area (Å²) in [5, 5.41) is 2.98. The van der Waals surface area contributed by atoms with E-state index in [2.05, 4.69) is 10.1 Å². The number of alkyl halides is 2. The van der Waals surface area contributed by atoms with Crippen LogP contribution in [0.25, 0.3) is 0 Å². The van der Waals surface area contributed by atoms with Crippen molar-refractivity contribution in [2.45, 2.75) is 26.1 Å². The summed E-state index contributed by atoms with van der Waals surface area (Å²) in [5.74, 6) is 0.0433. The number of carbonyl (C=O) groups is 1. The van der Waals surface area contributed by atoms with Gasteiger partial charge in [-0.3, -0.25) is 4.79 Å². The third-order valence-electron chi connectivity index (χ3n) is 2.60. The van der Waals surface area contributed by atoms with Gasteiger partial charge in [-0.1, -0.05) is 18.2 Å². The molecular weight excluding hydrogens is 254 g/mol. The van der Waals surface area contributed by atoms with E-state index in [4.69, 9.17) is 0 Å². The first kappa shape index (κ1) is 15.4. The Morgan fingerprint density at radius 2 is 2.00 bits per heavy atom. The van der Waals surface area contributed by atoms with E-state index in [0.29, 0.717) is 5.56 Å². The molecule has 4 nitrogen and oxygen atoms in total. The third kappa shape index (κ3) is 4.82. The van der Waals surface area contributed by atoms with E-state index in [0.717, 1.165) is 0 Å². The maximum Gasteiger partial charge on any atom is 0.387 e. The van der Waals surface area contributed by atoms with E-state index in [1.807, 2.05) is 0 Å². The van der Waals surface area contributed by atoms with Gasteiger partial charge in [-0.25, -0.2) is 0 Å². The molecule has 0 aromatic heterocycles. The second-order valence-electron chi connectivity index (χ2n) is 4.32. The highest BCUT2D eigenvalue weighted by molar-refractivity contribution is 5.80. The molecule has 1 atom stereocenters. The van der Waals surface area contributed by atoms with Crippen LogP contribution in [0.3, 0.4) is 0 Å². The van der Waals surface area contributed by atoms with Gasteiger partial charge in [0.2, 0.25) is 5.91 Å². The van der Waals surface area contributed by atoms with Gasteiger partial charge in [0.25, 0.3) is 0 Å². The van der Waals surface area contributed by atoms with Crippen molar-refractivity contribution in [3.63, 3.8) is 0 Å². The molecule has 1 aromatic carbocycles. The predicted molar refractivity (Wildman–Crippen MR) is 68.1 cm³/mol. The Balaban J connectivity index is 2.65. The van der Waals surface area contributed by atoms with Crippen molar-refractivity contribution in [2.75, 3.05) is 14.1 Å². The van der Waals surface area contributed by atoms with Gasteiger partial charge in [-0.15, -0.1) is 0 Å². The van der Waals surface area contributed by atoms with Crippen LogP contribution in [0.15, 0.2) is 24.3 Å². The maximum atomic E-state index is 12.2. The zero-order valence-corrected chi connectivity index (χ0v) is 11.2. The van der Waals surface area contributed by atoms with Gasteiger partial charge >= 0.3 is 6.61 Å². The number of para-hydroxylation sites is 1. The quantitative estimate of drug-likeness (QED) is 0.859. The van der Waals surface area contributed by atoms with Crippen LogP contribution >= 0.6 is 0 Å². The molecule has 0 aliphatic carbocycles. The summed E-state index contributed by atoms with van der Waals surface area (Å²) in [7, 11) is 3.32. The van der Waals surface area contributed by atoms with E-state index in [-0.39, 0.29) is 18.2 Å². The molecule has 1 rings (SSSR count). The second kappa shape index (κ2) is 7.04. The topological polar surface area (TPSA) is 41.6 Å². The predicted octanol–water partition coefficient (Wildman–Crippen LogP) is 1.85. The van der Waals surface area contributed by atoms with Crippen LogP contribution in [0, 0.1) is 0 Å². The van der Waals surface area contributed by atoms with Gasteiger partial charge in [0.1, 0.15) is 5.75 Å². The molecule has 0 saturated heterocycles. The van der Waals surface area contributed by atoms with Crippen molar-refractivity contribution in [3.8, 4) is 5.75 Å². The number of carbonyl (C=O) groups excluding carboxylic acids is 1. The lowest BCUT2D eigenvalue weighted by Gasteiger charge is -2.19. The molecule has 1 N–H and O–H groups in total. The first-order chi connectivity index (χ1) is 8.91. The summed E-state index contributed by atoms with van der Waals surface area (Å²) in [6.07, 6.45) is 0. The highest BCUT2D eigenvalue weighted by atomic mass is 19.3. The van der Waals surface area contributed by atoms with Crippen LogP contribution in [-0.2, 0) is 11.3 Å². The van der Waals surface area contributed by atoms with E-state index < -0.39 is 12.7 Å². The van der Waals surface area contributed by atoms with Crippen LogP contribution in [0.1, 0.15) is 12.5 Å². The van der Waals surface area contributed by atoms with Crippen molar-refractivity contribution < 1.29 is 18.3 Å².